The van der Waals surface area contributed by atoms with E-state index in [2.05, 4.69) is 20.5 Å². The van der Waals surface area contributed by atoms with Gasteiger partial charge in [0.15, 0.2) is 5.13 Å². The molecule has 2 heterocycles. The first-order valence-electron chi connectivity index (χ1n) is 4.62. The summed E-state index contributed by atoms with van der Waals surface area (Å²) in [7, 11) is 0. The molecule has 2 rings (SSSR count). The van der Waals surface area contributed by atoms with Gasteiger partial charge in [0.05, 0.1) is 11.9 Å². The lowest BCUT2D eigenvalue weighted by Gasteiger charge is -1.98. The van der Waals surface area contributed by atoms with Crippen molar-refractivity contribution in [2.45, 2.75) is 13.8 Å². The highest BCUT2D eigenvalue weighted by atomic mass is 32.1. The van der Waals surface area contributed by atoms with E-state index in [0.29, 0.717) is 10.7 Å². The van der Waals surface area contributed by atoms with Crippen LogP contribution in [0.15, 0.2) is 6.20 Å². The first-order chi connectivity index (χ1) is 7.58. The molecule has 6 nitrogen and oxygen atoms in total. The Bertz CT molecular complexity index is 510. The van der Waals surface area contributed by atoms with E-state index in [1.54, 1.807) is 0 Å². The quantitative estimate of drug-likeness (QED) is 0.733. The summed E-state index contributed by atoms with van der Waals surface area (Å²) in [4.78, 5) is 17.0. The van der Waals surface area contributed by atoms with Crippen LogP contribution in [0.3, 0.4) is 0 Å². The molecule has 0 aliphatic carbocycles. The fourth-order valence-electron chi connectivity index (χ4n) is 1.17. The number of rotatable bonds is 2. The Morgan fingerprint density at radius 1 is 1.56 bits per heavy atom. The van der Waals surface area contributed by atoms with Crippen LogP contribution in [0.2, 0.25) is 0 Å². The zero-order chi connectivity index (χ0) is 11.7. The van der Waals surface area contributed by atoms with Crippen LogP contribution in [0.4, 0.5) is 10.9 Å². The van der Waals surface area contributed by atoms with Crippen LogP contribution in [-0.2, 0) is 0 Å². The predicted molar refractivity (Wildman–Crippen MR) is 62.5 cm³/mol. The van der Waals surface area contributed by atoms with Gasteiger partial charge < -0.3 is 5.73 Å². The molecule has 0 fully saturated rings. The predicted octanol–water partition coefficient (Wildman–Crippen LogP) is 1.32. The Balaban J connectivity index is 2.17. The molecule has 0 saturated heterocycles. The lowest BCUT2D eigenvalue weighted by molar-refractivity contribution is 0.102. The van der Waals surface area contributed by atoms with E-state index >= 15 is 0 Å². The molecule has 0 aromatic carbocycles. The van der Waals surface area contributed by atoms with E-state index in [4.69, 9.17) is 5.73 Å². The number of H-pyrrole nitrogens is 1. The van der Waals surface area contributed by atoms with Gasteiger partial charge in [-0.05, 0) is 13.8 Å². The number of nitrogen functional groups attached to an aromatic ring is 1. The monoisotopic (exact) mass is 237 g/mol. The first-order valence-corrected chi connectivity index (χ1v) is 5.44. The minimum atomic E-state index is -0.306. The van der Waals surface area contributed by atoms with Gasteiger partial charge in [0.25, 0.3) is 5.91 Å². The van der Waals surface area contributed by atoms with Gasteiger partial charge >= 0.3 is 0 Å². The average Bonchev–Trinajstić information content (AvgIpc) is 2.74. The summed E-state index contributed by atoms with van der Waals surface area (Å²) in [6.45, 7) is 3.85. The molecule has 16 heavy (non-hydrogen) atoms. The Morgan fingerprint density at radius 2 is 2.31 bits per heavy atom. The molecule has 0 spiro atoms. The molecule has 1 amide bonds. The van der Waals surface area contributed by atoms with Crippen LogP contribution < -0.4 is 11.1 Å². The zero-order valence-electron chi connectivity index (χ0n) is 8.87. The molecular formula is C9H11N5OS. The maximum Gasteiger partial charge on any atom is 0.262 e. The van der Waals surface area contributed by atoms with Crippen LogP contribution in [-0.4, -0.2) is 21.1 Å². The Hall–Kier alpha value is -1.89. The smallest absolute Gasteiger partial charge is 0.262 e. The molecule has 7 heteroatoms. The highest BCUT2D eigenvalue weighted by molar-refractivity contribution is 7.15. The van der Waals surface area contributed by atoms with Gasteiger partial charge in [0.2, 0.25) is 0 Å². The van der Waals surface area contributed by atoms with Crippen molar-refractivity contribution in [1.82, 2.24) is 15.2 Å². The normalized spacial score (nSPS) is 10.4. The van der Waals surface area contributed by atoms with Gasteiger partial charge in [-0.3, -0.25) is 15.2 Å². The van der Waals surface area contributed by atoms with Gasteiger partial charge in [-0.25, -0.2) is 4.98 Å². The summed E-state index contributed by atoms with van der Waals surface area (Å²) in [5, 5.41) is 9.43. The minimum absolute atomic E-state index is 0.252. The number of carbonyl (C=O) groups excluding carboxylic acids is 1. The second-order valence-corrected chi connectivity index (χ2v) is 4.52. The molecule has 0 bridgehead atoms. The molecule has 0 aliphatic rings. The van der Waals surface area contributed by atoms with Gasteiger partial charge in [0, 0.05) is 4.88 Å². The maximum absolute atomic E-state index is 11.7. The van der Waals surface area contributed by atoms with Crippen molar-refractivity contribution < 1.29 is 4.79 Å². The number of amides is 1. The largest absolute Gasteiger partial charge is 0.383 e. The summed E-state index contributed by atoms with van der Waals surface area (Å²) in [5.74, 6) is -0.0532. The highest BCUT2D eigenvalue weighted by Crippen LogP contribution is 2.22. The number of thiazole rings is 1. The fraction of sp³-hybridized carbons (Fsp3) is 0.222. The number of carbonyl (C=O) groups is 1. The third kappa shape index (κ3) is 1.89. The van der Waals surface area contributed by atoms with E-state index in [0.717, 1.165) is 10.6 Å². The number of nitrogens with one attached hydrogen (secondary N) is 2. The molecule has 0 unspecified atom stereocenters. The second kappa shape index (κ2) is 3.93. The summed E-state index contributed by atoms with van der Waals surface area (Å²) in [6, 6.07) is 0. The third-order valence-corrected chi connectivity index (χ3v) is 3.15. The fourth-order valence-corrected chi connectivity index (χ4v) is 1.98. The SMILES string of the molecule is Cc1nc(NC(=O)c2cn[nH]c2N)sc1C. The standard InChI is InChI=1S/C9H11N5OS/c1-4-5(2)16-9(12-4)13-8(15)6-3-11-14-7(6)10/h3H,1-2H3,(H3,10,11,14)(H,12,13,15). The number of hydrogen-bond acceptors (Lipinski definition) is 5. The van der Waals surface area contributed by atoms with Crippen molar-refractivity contribution in [1.29, 1.82) is 0 Å². The highest BCUT2D eigenvalue weighted by Gasteiger charge is 2.13. The van der Waals surface area contributed by atoms with Crippen LogP contribution in [0.5, 0.6) is 0 Å². The van der Waals surface area contributed by atoms with Crippen LogP contribution in [0, 0.1) is 13.8 Å². The number of aromatic amines is 1. The van der Waals surface area contributed by atoms with Crippen molar-refractivity contribution in [3.8, 4) is 0 Å². The lowest BCUT2D eigenvalue weighted by atomic mass is 10.3. The minimum Gasteiger partial charge on any atom is -0.383 e. The molecule has 0 atom stereocenters. The summed E-state index contributed by atoms with van der Waals surface area (Å²) in [5.41, 5.74) is 6.78. The lowest BCUT2D eigenvalue weighted by Crippen LogP contribution is -2.12. The second-order valence-electron chi connectivity index (χ2n) is 3.31. The Kier molecular flexibility index (Phi) is 2.61. The van der Waals surface area contributed by atoms with Gasteiger partial charge in [0.1, 0.15) is 11.4 Å². The van der Waals surface area contributed by atoms with Gasteiger partial charge in [-0.1, -0.05) is 0 Å². The van der Waals surface area contributed by atoms with Gasteiger partial charge in [-0.2, -0.15) is 5.10 Å². The Labute approximate surface area is 95.9 Å². The average molecular weight is 237 g/mol. The van der Waals surface area contributed by atoms with E-state index < -0.39 is 0 Å². The van der Waals surface area contributed by atoms with E-state index in [-0.39, 0.29) is 11.7 Å². The van der Waals surface area contributed by atoms with Crippen LogP contribution in [0.1, 0.15) is 20.9 Å². The molecule has 0 aliphatic heterocycles. The van der Waals surface area contributed by atoms with Crippen molar-refractivity contribution in [2.24, 2.45) is 0 Å². The summed E-state index contributed by atoms with van der Waals surface area (Å²) < 4.78 is 0. The zero-order valence-corrected chi connectivity index (χ0v) is 9.68. The molecule has 2 aromatic rings. The molecule has 84 valence electrons. The molecule has 0 radical (unpaired) electrons. The van der Waals surface area contributed by atoms with Crippen molar-refractivity contribution in [2.75, 3.05) is 11.1 Å². The van der Waals surface area contributed by atoms with Crippen LogP contribution >= 0.6 is 11.3 Å². The van der Waals surface area contributed by atoms with Crippen molar-refractivity contribution >= 4 is 28.2 Å². The number of nitrogens with zero attached hydrogens (tertiary/aromatic N) is 2. The Morgan fingerprint density at radius 3 is 2.81 bits per heavy atom. The number of anilines is 2. The first kappa shape index (κ1) is 10.6. The van der Waals surface area contributed by atoms with Crippen molar-refractivity contribution in [3.63, 3.8) is 0 Å². The molecular weight excluding hydrogens is 226 g/mol. The number of aryl methyl sites for hydroxylation is 2. The van der Waals surface area contributed by atoms with Crippen molar-refractivity contribution in [3.05, 3.63) is 22.3 Å². The maximum atomic E-state index is 11.7. The number of hydrogen-bond donors (Lipinski definition) is 3. The molecule has 4 N–H and O–H groups in total. The number of aromatic nitrogens is 3. The molecule has 0 saturated carbocycles. The number of nitrogens with two attached hydrogens (primary N) is 1. The molecule has 2 aromatic heterocycles. The van der Waals surface area contributed by atoms with Crippen LogP contribution in [0.25, 0.3) is 0 Å². The van der Waals surface area contributed by atoms with E-state index in [1.807, 2.05) is 13.8 Å². The topological polar surface area (TPSA) is 96.7 Å². The summed E-state index contributed by atoms with van der Waals surface area (Å²) >= 11 is 1.43. The van der Waals surface area contributed by atoms with Gasteiger partial charge in [-0.15, -0.1) is 11.3 Å². The van der Waals surface area contributed by atoms with E-state index in [1.165, 1.54) is 17.5 Å². The summed E-state index contributed by atoms with van der Waals surface area (Å²) in [6.07, 6.45) is 1.39. The van der Waals surface area contributed by atoms with E-state index in [9.17, 15) is 4.79 Å². The third-order valence-electron chi connectivity index (χ3n) is 2.16.